The van der Waals surface area contributed by atoms with Gasteiger partial charge in [-0.15, -0.1) is 0 Å². The summed E-state index contributed by atoms with van der Waals surface area (Å²) in [6.45, 7) is 1.55. The van der Waals surface area contributed by atoms with E-state index in [1.807, 2.05) is 6.07 Å². The van der Waals surface area contributed by atoms with Gasteiger partial charge >= 0.3 is 0 Å². The molecule has 0 atom stereocenters. The van der Waals surface area contributed by atoms with Gasteiger partial charge in [0.15, 0.2) is 9.84 Å². The number of aromatic nitrogens is 1. The van der Waals surface area contributed by atoms with E-state index in [1.165, 1.54) is 12.3 Å². The molecule has 1 aliphatic heterocycles. The molecule has 0 spiro atoms. The van der Waals surface area contributed by atoms with Crippen LogP contribution in [0.25, 0.3) is 0 Å². The zero-order valence-electron chi connectivity index (χ0n) is 9.26. The van der Waals surface area contributed by atoms with Crippen molar-refractivity contribution in [3.63, 3.8) is 0 Å². The number of nitrogens with one attached hydrogen (secondary N) is 1. The molecule has 0 aromatic carbocycles. The van der Waals surface area contributed by atoms with Crippen molar-refractivity contribution in [2.75, 3.05) is 18.8 Å². The molecule has 0 unspecified atom stereocenters. The monoisotopic (exact) mass is 251 g/mol. The molecular formula is C11H13N3O2S. The second-order valence-electron chi connectivity index (χ2n) is 4.24. The van der Waals surface area contributed by atoms with Crippen LogP contribution in [0.5, 0.6) is 0 Å². The summed E-state index contributed by atoms with van der Waals surface area (Å²) in [5.41, 5.74) is 0.881. The fraction of sp³-hybridized carbons (Fsp3) is 0.455. The highest BCUT2D eigenvalue weighted by Crippen LogP contribution is 2.13. The Kier molecular flexibility index (Phi) is 3.41. The summed E-state index contributed by atoms with van der Waals surface area (Å²) in [5, 5.41) is 11.7. The quantitative estimate of drug-likeness (QED) is 0.820. The van der Waals surface area contributed by atoms with Gasteiger partial charge < -0.3 is 5.32 Å². The van der Waals surface area contributed by atoms with Gasteiger partial charge in [0.1, 0.15) is 11.8 Å². The van der Waals surface area contributed by atoms with Crippen molar-refractivity contribution in [2.45, 2.75) is 5.75 Å². The SMILES string of the molecule is N#Cc1cc(CS(=O)(=O)CC2CNC2)ccn1. The van der Waals surface area contributed by atoms with E-state index in [4.69, 9.17) is 5.26 Å². The first-order chi connectivity index (χ1) is 8.09. The Balaban J connectivity index is 2.06. The number of pyridine rings is 1. The lowest BCUT2D eigenvalue weighted by Gasteiger charge is -2.26. The fourth-order valence-electron chi connectivity index (χ4n) is 1.76. The van der Waals surface area contributed by atoms with Crippen LogP contribution in [-0.4, -0.2) is 32.2 Å². The summed E-state index contributed by atoms with van der Waals surface area (Å²) < 4.78 is 23.7. The van der Waals surface area contributed by atoms with Gasteiger partial charge in [0.05, 0.1) is 11.5 Å². The molecule has 90 valence electrons. The van der Waals surface area contributed by atoms with E-state index in [0.717, 1.165) is 13.1 Å². The molecule has 5 nitrogen and oxygen atoms in total. The molecule has 2 heterocycles. The van der Waals surface area contributed by atoms with Crippen molar-refractivity contribution in [1.82, 2.24) is 10.3 Å². The van der Waals surface area contributed by atoms with Crippen molar-refractivity contribution < 1.29 is 8.42 Å². The molecule has 1 fully saturated rings. The maximum Gasteiger partial charge on any atom is 0.154 e. The Morgan fingerprint density at radius 1 is 1.53 bits per heavy atom. The van der Waals surface area contributed by atoms with Gasteiger partial charge in [0.25, 0.3) is 0 Å². The van der Waals surface area contributed by atoms with Crippen LogP contribution in [0, 0.1) is 17.2 Å². The Hall–Kier alpha value is -1.45. The zero-order chi connectivity index (χ0) is 12.3. The molecule has 1 aromatic rings. The summed E-state index contributed by atoms with van der Waals surface area (Å²) >= 11 is 0. The van der Waals surface area contributed by atoms with Crippen LogP contribution < -0.4 is 5.32 Å². The Morgan fingerprint density at radius 3 is 2.88 bits per heavy atom. The second kappa shape index (κ2) is 4.82. The summed E-state index contributed by atoms with van der Waals surface area (Å²) in [7, 11) is -3.10. The Labute approximate surface area is 100 Å². The van der Waals surface area contributed by atoms with Gasteiger partial charge in [-0.2, -0.15) is 5.26 Å². The highest BCUT2D eigenvalue weighted by Gasteiger charge is 2.24. The van der Waals surface area contributed by atoms with Crippen LogP contribution in [0.4, 0.5) is 0 Å². The van der Waals surface area contributed by atoms with Crippen LogP contribution in [0.3, 0.4) is 0 Å². The van der Waals surface area contributed by atoms with Crippen molar-refractivity contribution >= 4 is 9.84 Å². The summed E-state index contributed by atoms with van der Waals surface area (Å²) in [4.78, 5) is 3.81. The van der Waals surface area contributed by atoms with E-state index < -0.39 is 9.84 Å². The fourth-order valence-corrected chi connectivity index (χ4v) is 3.52. The predicted molar refractivity (Wildman–Crippen MR) is 62.8 cm³/mol. The third kappa shape index (κ3) is 3.25. The molecule has 6 heteroatoms. The first-order valence-corrected chi connectivity index (χ1v) is 7.17. The summed E-state index contributed by atoms with van der Waals surface area (Å²) in [6.07, 6.45) is 1.47. The van der Waals surface area contributed by atoms with Gasteiger partial charge in [-0.05, 0) is 23.6 Å². The van der Waals surface area contributed by atoms with Crippen LogP contribution in [0.2, 0.25) is 0 Å². The normalized spacial score (nSPS) is 16.2. The van der Waals surface area contributed by atoms with Crippen LogP contribution in [0.1, 0.15) is 11.3 Å². The van der Waals surface area contributed by atoms with E-state index in [-0.39, 0.29) is 23.1 Å². The minimum absolute atomic E-state index is 0.0132. The van der Waals surface area contributed by atoms with Crippen molar-refractivity contribution in [3.05, 3.63) is 29.6 Å². The minimum Gasteiger partial charge on any atom is -0.316 e. The first-order valence-electron chi connectivity index (χ1n) is 5.35. The highest BCUT2D eigenvalue weighted by atomic mass is 32.2. The third-order valence-electron chi connectivity index (χ3n) is 2.68. The van der Waals surface area contributed by atoms with Gasteiger partial charge in [-0.3, -0.25) is 0 Å². The molecule has 17 heavy (non-hydrogen) atoms. The van der Waals surface area contributed by atoms with Crippen LogP contribution in [-0.2, 0) is 15.6 Å². The van der Waals surface area contributed by atoms with Gasteiger partial charge in [-0.1, -0.05) is 0 Å². The maximum atomic E-state index is 11.9. The lowest BCUT2D eigenvalue weighted by Crippen LogP contribution is -2.45. The molecule has 1 aliphatic rings. The topological polar surface area (TPSA) is 82.8 Å². The number of sulfone groups is 1. The van der Waals surface area contributed by atoms with Crippen LogP contribution in [0.15, 0.2) is 18.3 Å². The number of hydrogen-bond acceptors (Lipinski definition) is 5. The highest BCUT2D eigenvalue weighted by molar-refractivity contribution is 7.90. The molecule has 0 radical (unpaired) electrons. The molecule has 0 aliphatic carbocycles. The lowest BCUT2D eigenvalue weighted by atomic mass is 10.1. The van der Waals surface area contributed by atoms with E-state index in [0.29, 0.717) is 5.56 Å². The van der Waals surface area contributed by atoms with Gasteiger partial charge in [0.2, 0.25) is 0 Å². The molecule has 1 aromatic heterocycles. The van der Waals surface area contributed by atoms with Crippen molar-refractivity contribution in [3.8, 4) is 6.07 Å². The molecule has 0 saturated carbocycles. The molecule has 0 amide bonds. The van der Waals surface area contributed by atoms with Crippen LogP contribution >= 0.6 is 0 Å². The molecular weight excluding hydrogens is 238 g/mol. The smallest absolute Gasteiger partial charge is 0.154 e. The average Bonchev–Trinajstić information content (AvgIpc) is 2.23. The van der Waals surface area contributed by atoms with E-state index >= 15 is 0 Å². The first kappa shape index (κ1) is 12.0. The third-order valence-corrected chi connectivity index (χ3v) is 4.43. The van der Waals surface area contributed by atoms with Gasteiger partial charge in [0, 0.05) is 19.3 Å². The molecule has 1 saturated heterocycles. The van der Waals surface area contributed by atoms with Crippen molar-refractivity contribution in [1.29, 1.82) is 5.26 Å². The van der Waals surface area contributed by atoms with E-state index in [1.54, 1.807) is 6.07 Å². The standard InChI is InChI=1S/C11H13N3O2S/c12-4-11-3-9(1-2-14-11)7-17(15,16)8-10-5-13-6-10/h1-3,10,13H,5-8H2. The number of rotatable bonds is 4. The second-order valence-corrected chi connectivity index (χ2v) is 6.35. The summed E-state index contributed by atoms with van der Waals surface area (Å²) in [6, 6.07) is 5.06. The molecule has 1 N–H and O–H groups in total. The molecule has 0 bridgehead atoms. The number of nitriles is 1. The van der Waals surface area contributed by atoms with E-state index in [2.05, 4.69) is 10.3 Å². The number of nitrogens with zero attached hydrogens (tertiary/aromatic N) is 2. The maximum absolute atomic E-state index is 11.9. The number of hydrogen-bond donors (Lipinski definition) is 1. The largest absolute Gasteiger partial charge is 0.316 e. The predicted octanol–water partition coefficient (Wildman–Crippen LogP) is 0.0875. The minimum atomic E-state index is -3.10. The van der Waals surface area contributed by atoms with E-state index in [9.17, 15) is 8.42 Å². The zero-order valence-corrected chi connectivity index (χ0v) is 10.1. The van der Waals surface area contributed by atoms with Gasteiger partial charge in [-0.25, -0.2) is 13.4 Å². The Bertz CT molecular complexity index is 544. The van der Waals surface area contributed by atoms with Crippen molar-refractivity contribution in [2.24, 2.45) is 5.92 Å². The molecule has 2 rings (SSSR count). The summed E-state index contributed by atoms with van der Waals surface area (Å²) in [5.74, 6) is 0.433. The Morgan fingerprint density at radius 2 is 2.29 bits per heavy atom. The average molecular weight is 251 g/mol. The lowest BCUT2D eigenvalue weighted by molar-refractivity contribution is 0.378.